The van der Waals surface area contributed by atoms with Gasteiger partial charge in [-0.3, -0.25) is 0 Å². The predicted molar refractivity (Wildman–Crippen MR) is 119 cm³/mol. The monoisotopic (exact) mass is 448 g/mol. The summed E-state index contributed by atoms with van der Waals surface area (Å²) in [7, 11) is 0. The first-order valence-electron chi connectivity index (χ1n) is 10.5. The van der Waals surface area contributed by atoms with Crippen molar-refractivity contribution < 1.29 is 23.4 Å². The van der Waals surface area contributed by atoms with Crippen LogP contribution in [0.2, 0.25) is 0 Å². The van der Waals surface area contributed by atoms with Gasteiger partial charge in [-0.1, -0.05) is 30.3 Å². The van der Waals surface area contributed by atoms with E-state index in [0.29, 0.717) is 36.4 Å². The van der Waals surface area contributed by atoms with Crippen molar-refractivity contribution in [3.8, 4) is 5.75 Å². The molecule has 33 heavy (non-hydrogen) atoms. The minimum Gasteiger partial charge on any atom is -0.485 e. The first-order valence-corrected chi connectivity index (χ1v) is 10.5. The van der Waals surface area contributed by atoms with Crippen LogP contribution in [0.3, 0.4) is 0 Å². The van der Waals surface area contributed by atoms with Crippen LogP contribution in [0.5, 0.6) is 5.75 Å². The highest BCUT2D eigenvalue weighted by molar-refractivity contribution is 5.90. The summed E-state index contributed by atoms with van der Waals surface area (Å²) in [6.07, 6.45) is 4.31. The molecular weight excluding hydrogens is 426 g/mol. The van der Waals surface area contributed by atoms with Crippen molar-refractivity contribution in [3.05, 3.63) is 119 Å². The van der Waals surface area contributed by atoms with Crippen molar-refractivity contribution in [2.45, 2.75) is 25.4 Å². The predicted octanol–water partition coefficient (Wildman–Crippen LogP) is 5.53. The van der Waals surface area contributed by atoms with Crippen LogP contribution >= 0.6 is 0 Å². The normalized spacial score (nSPS) is 11.8. The number of nitrogens with one attached hydrogen (secondary N) is 1. The highest BCUT2D eigenvalue weighted by atomic mass is 19.1. The molecule has 168 valence electrons. The summed E-state index contributed by atoms with van der Waals surface area (Å²) >= 11 is 0. The first kappa shape index (κ1) is 22.2. The molecule has 2 N–H and O–H groups in total. The second kappa shape index (κ2) is 10.1. The first-order chi connectivity index (χ1) is 16.0. The largest absolute Gasteiger partial charge is 0.485 e. The third-order valence-corrected chi connectivity index (χ3v) is 5.36. The van der Waals surface area contributed by atoms with E-state index in [1.807, 2.05) is 0 Å². The quantitative estimate of drug-likeness (QED) is 0.353. The lowest BCUT2D eigenvalue weighted by atomic mass is 9.99. The standard InChI is InChI=1S/C26H22F2N2O3/c27-20-8-2-17(3-9-20)1-4-18-7-12-22(15-23(18)26(31)32)33-24(16-25-29-13-14-30-25)19-5-10-21(28)11-6-19/h2-3,5-15,24H,1,4,16H2,(H,29,30)(H,31,32). The molecule has 1 unspecified atom stereocenters. The van der Waals surface area contributed by atoms with E-state index in [0.717, 1.165) is 11.1 Å². The maximum atomic E-state index is 13.4. The number of carboxylic acids is 1. The maximum absolute atomic E-state index is 13.4. The highest BCUT2D eigenvalue weighted by Gasteiger charge is 2.18. The Hall–Kier alpha value is -4.00. The molecule has 7 heteroatoms. The summed E-state index contributed by atoms with van der Waals surface area (Å²) in [6.45, 7) is 0. The zero-order valence-electron chi connectivity index (χ0n) is 17.7. The number of H-pyrrole nitrogens is 1. The van der Waals surface area contributed by atoms with Crippen molar-refractivity contribution in [2.24, 2.45) is 0 Å². The van der Waals surface area contributed by atoms with E-state index < -0.39 is 12.1 Å². The van der Waals surface area contributed by atoms with E-state index >= 15 is 0 Å². The molecule has 0 spiro atoms. The number of benzene rings is 3. The van der Waals surface area contributed by atoms with Crippen LogP contribution in [0.1, 0.15) is 39.0 Å². The smallest absolute Gasteiger partial charge is 0.336 e. The van der Waals surface area contributed by atoms with Crippen LogP contribution in [0, 0.1) is 11.6 Å². The van der Waals surface area contributed by atoms with Gasteiger partial charge in [-0.2, -0.15) is 0 Å². The Morgan fingerprint density at radius 3 is 2.30 bits per heavy atom. The van der Waals surface area contributed by atoms with Crippen LogP contribution in [0.4, 0.5) is 8.78 Å². The zero-order chi connectivity index (χ0) is 23.2. The number of aryl methyl sites for hydroxylation is 2. The van der Waals surface area contributed by atoms with Crippen molar-refractivity contribution >= 4 is 5.97 Å². The number of carboxylic acid groups (broad SMARTS) is 1. The SMILES string of the molecule is O=C(O)c1cc(OC(Cc2ncc[nH]2)c2ccc(F)cc2)ccc1CCc1ccc(F)cc1. The molecule has 1 atom stereocenters. The van der Waals surface area contributed by atoms with Crippen molar-refractivity contribution in [1.82, 2.24) is 9.97 Å². The molecular formula is C26H22F2N2O3. The van der Waals surface area contributed by atoms with Gasteiger partial charge >= 0.3 is 5.97 Å². The molecule has 0 saturated carbocycles. The molecule has 0 aliphatic rings. The average Bonchev–Trinajstić information content (AvgIpc) is 3.32. The molecule has 3 aromatic carbocycles. The molecule has 0 saturated heterocycles. The van der Waals surface area contributed by atoms with E-state index in [9.17, 15) is 18.7 Å². The Morgan fingerprint density at radius 1 is 0.970 bits per heavy atom. The maximum Gasteiger partial charge on any atom is 0.336 e. The lowest BCUT2D eigenvalue weighted by Gasteiger charge is -2.20. The van der Waals surface area contributed by atoms with Crippen molar-refractivity contribution in [3.63, 3.8) is 0 Å². The summed E-state index contributed by atoms with van der Waals surface area (Å²) in [4.78, 5) is 19.2. The molecule has 1 heterocycles. The molecule has 0 aliphatic heterocycles. The van der Waals surface area contributed by atoms with E-state index in [4.69, 9.17) is 4.74 Å². The summed E-state index contributed by atoms with van der Waals surface area (Å²) in [5, 5.41) is 9.75. The topological polar surface area (TPSA) is 75.2 Å². The second-order valence-corrected chi connectivity index (χ2v) is 7.65. The number of halogens is 2. The number of hydrogen-bond acceptors (Lipinski definition) is 3. The zero-order valence-corrected chi connectivity index (χ0v) is 17.7. The number of aromatic nitrogens is 2. The van der Waals surface area contributed by atoms with E-state index in [1.165, 1.54) is 30.3 Å². The summed E-state index contributed by atoms with van der Waals surface area (Å²) < 4.78 is 32.7. The fourth-order valence-corrected chi connectivity index (χ4v) is 3.63. The summed E-state index contributed by atoms with van der Waals surface area (Å²) in [5.74, 6) is -0.637. The Kier molecular flexibility index (Phi) is 6.78. The van der Waals surface area contributed by atoms with Crippen molar-refractivity contribution in [2.75, 3.05) is 0 Å². The van der Waals surface area contributed by atoms with E-state index in [1.54, 1.807) is 48.8 Å². The minimum atomic E-state index is -1.06. The number of carbonyl (C=O) groups is 1. The highest BCUT2D eigenvalue weighted by Crippen LogP contribution is 2.27. The van der Waals surface area contributed by atoms with Gasteiger partial charge in [0.25, 0.3) is 0 Å². The third kappa shape index (κ3) is 5.83. The Labute approximate surface area is 189 Å². The fraction of sp³-hybridized carbons (Fsp3) is 0.154. The fourth-order valence-electron chi connectivity index (χ4n) is 3.63. The van der Waals surface area contributed by atoms with Gasteiger partial charge in [-0.05, 0) is 65.9 Å². The van der Waals surface area contributed by atoms with Gasteiger partial charge < -0.3 is 14.8 Å². The van der Waals surface area contributed by atoms with Gasteiger partial charge in [0.2, 0.25) is 0 Å². The third-order valence-electron chi connectivity index (χ3n) is 5.36. The van der Waals surface area contributed by atoms with Crippen molar-refractivity contribution in [1.29, 1.82) is 0 Å². The lowest BCUT2D eigenvalue weighted by molar-refractivity contribution is 0.0694. The number of nitrogens with zero attached hydrogens (tertiary/aromatic N) is 1. The van der Waals surface area contributed by atoms with E-state index in [2.05, 4.69) is 9.97 Å². The van der Waals surface area contributed by atoms with Crippen LogP contribution in [0.15, 0.2) is 79.1 Å². The summed E-state index contributed by atoms with van der Waals surface area (Å²) in [6, 6.07) is 17.1. The van der Waals surface area contributed by atoms with Crippen LogP contribution in [-0.2, 0) is 19.3 Å². The van der Waals surface area contributed by atoms with Crippen LogP contribution < -0.4 is 4.74 Å². The number of imidazole rings is 1. The average molecular weight is 448 g/mol. The second-order valence-electron chi connectivity index (χ2n) is 7.65. The van der Waals surface area contributed by atoms with Gasteiger partial charge in [0.05, 0.1) is 5.56 Å². The molecule has 0 aliphatic carbocycles. The number of aromatic amines is 1. The van der Waals surface area contributed by atoms with Gasteiger partial charge in [0, 0.05) is 18.8 Å². The lowest BCUT2D eigenvalue weighted by Crippen LogP contribution is -2.13. The van der Waals surface area contributed by atoms with Gasteiger partial charge in [-0.25, -0.2) is 18.6 Å². The van der Waals surface area contributed by atoms with Crippen LogP contribution in [-0.4, -0.2) is 21.0 Å². The Morgan fingerprint density at radius 2 is 1.67 bits per heavy atom. The van der Waals surface area contributed by atoms with E-state index in [-0.39, 0.29) is 17.2 Å². The molecule has 5 nitrogen and oxygen atoms in total. The number of rotatable bonds is 9. The molecule has 0 bridgehead atoms. The minimum absolute atomic E-state index is 0.144. The number of hydrogen-bond donors (Lipinski definition) is 2. The molecule has 0 radical (unpaired) electrons. The van der Waals surface area contributed by atoms with Gasteiger partial charge in [-0.15, -0.1) is 0 Å². The van der Waals surface area contributed by atoms with Gasteiger partial charge in [0.15, 0.2) is 0 Å². The van der Waals surface area contributed by atoms with Gasteiger partial charge in [0.1, 0.15) is 29.3 Å². The number of ether oxygens (including phenoxy) is 1. The summed E-state index contributed by atoms with van der Waals surface area (Å²) in [5.41, 5.74) is 2.46. The number of aromatic carboxylic acids is 1. The Balaban J connectivity index is 1.55. The molecule has 0 fully saturated rings. The Bertz CT molecular complexity index is 1210. The molecule has 4 rings (SSSR count). The molecule has 4 aromatic rings. The molecule has 1 aromatic heterocycles. The molecule has 0 amide bonds. The van der Waals surface area contributed by atoms with Crippen LogP contribution in [0.25, 0.3) is 0 Å².